The Kier molecular flexibility index (Phi) is 64.1. The fraction of sp³-hybridized carbons (Fsp3) is 0.741. The second-order valence-electron chi connectivity index (χ2n) is 6.46. The SMILES string of the molecule is CC(C)=O.CCOC(C)=O.CCOC(C)=O.CCOC(C)=O.CCOC(C)=O.CCOC(C)=O.CCOC(C)=O. The molecule has 0 unspecified atom stereocenters. The zero-order chi connectivity index (χ0) is 33.5. The van der Waals surface area contributed by atoms with Gasteiger partial charge in [0.15, 0.2) is 0 Å². The largest absolute Gasteiger partial charge is 0.466 e. The number of hydrogen-bond acceptors (Lipinski definition) is 13. The molecule has 13 heteroatoms. The highest BCUT2D eigenvalue weighted by Gasteiger charge is 1.84. The summed E-state index contributed by atoms with van der Waals surface area (Å²) in [6.45, 7) is 25.0. The number of carbonyl (C=O) groups excluding carboxylic acids is 7. The van der Waals surface area contributed by atoms with Gasteiger partial charge in [-0.25, -0.2) is 0 Å². The quantitative estimate of drug-likeness (QED) is 0.323. The second kappa shape index (κ2) is 48.5. The molecule has 0 aliphatic rings. The molecule has 0 rings (SSSR count). The van der Waals surface area contributed by atoms with Crippen LogP contribution in [0.2, 0.25) is 0 Å². The Morgan fingerprint density at radius 3 is 0.375 bits per heavy atom. The Bertz CT molecular complexity index is 502. The van der Waals surface area contributed by atoms with Crippen LogP contribution in [0.5, 0.6) is 0 Å². The van der Waals surface area contributed by atoms with Gasteiger partial charge in [-0.1, -0.05) is 0 Å². The van der Waals surface area contributed by atoms with E-state index in [0.29, 0.717) is 39.6 Å². The number of ether oxygens (including phenoxy) is 6. The molecule has 0 saturated carbocycles. The van der Waals surface area contributed by atoms with Crippen LogP contribution in [0.15, 0.2) is 0 Å². The van der Waals surface area contributed by atoms with Crippen LogP contribution in [0, 0.1) is 0 Å². The molecule has 0 fully saturated rings. The standard InChI is InChI=1S/6C4H8O2.C3H6O/c6*1-3-6-4(2)5;1-3(2)4/h6*3H2,1-2H3;1-2H3. The lowest BCUT2D eigenvalue weighted by molar-refractivity contribution is -0.141. The number of esters is 6. The number of rotatable bonds is 6. The Hall–Kier alpha value is -3.51. The van der Waals surface area contributed by atoms with Gasteiger partial charge in [0.05, 0.1) is 39.6 Å². The lowest BCUT2D eigenvalue weighted by Crippen LogP contribution is -1.95. The zero-order valence-corrected chi connectivity index (χ0v) is 27.0. The van der Waals surface area contributed by atoms with Gasteiger partial charge in [0, 0.05) is 41.5 Å². The number of ketones is 1. The van der Waals surface area contributed by atoms with E-state index in [0.717, 1.165) is 0 Å². The summed E-state index contributed by atoms with van der Waals surface area (Å²) in [6, 6.07) is 0. The van der Waals surface area contributed by atoms with Gasteiger partial charge in [-0.3, -0.25) is 28.8 Å². The lowest BCUT2D eigenvalue weighted by atomic mass is 10.6. The topological polar surface area (TPSA) is 175 Å². The summed E-state index contributed by atoms with van der Waals surface area (Å²) in [5.74, 6) is -1.10. The average molecular weight is 587 g/mol. The van der Waals surface area contributed by atoms with Crippen molar-refractivity contribution in [3.63, 3.8) is 0 Å². The fourth-order valence-electron chi connectivity index (χ4n) is 1.22. The van der Waals surface area contributed by atoms with E-state index in [4.69, 9.17) is 0 Å². The molecule has 0 aliphatic carbocycles. The maximum absolute atomic E-state index is 9.82. The van der Waals surface area contributed by atoms with Gasteiger partial charge < -0.3 is 33.2 Å². The van der Waals surface area contributed by atoms with E-state index in [9.17, 15) is 33.6 Å². The van der Waals surface area contributed by atoms with Crippen LogP contribution in [0.1, 0.15) is 96.9 Å². The third kappa shape index (κ3) is 184. The molecule has 40 heavy (non-hydrogen) atoms. The third-order valence-electron chi connectivity index (χ3n) is 2.09. The van der Waals surface area contributed by atoms with Gasteiger partial charge in [0.1, 0.15) is 5.78 Å². The predicted molar refractivity (Wildman–Crippen MR) is 150 cm³/mol. The zero-order valence-electron chi connectivity index (χ0n) is 27.0. The van der Waals surface area contributed by atoms with Crippen molar-refractivity contribution in [2.45, 2.75) is 96.9 Å². The van der Waals surface area contributed by atoms with E-state index < -0.39 is 0 Å². The lowest BCUT2D eigenvalue weighted by Gasteiger charge is -1.89. The summed E-state index contributed by atoms with van der Waals surface area (Å²) >= 11 is 0. The summed E-state index contributed by atoms with van der Waals surface area (Å²) < 4.78 is 26.4. The Morgan fingerprint density at radius 1 is 0.300 bits per heavy atom. The Labute approximate surface area is 240 Å². The van der Waals surface area contributed by atoms with Gasteiger partial charge in [0.2, 0.25) is 0 Å². The fourth-order valence-corrected chi connectivity index (χ4v) is 1.22. The smallest absolute Gasteiger partial charge is 0.302 e. The normalized spacial score (nSPS) is 7.55. The van der Waals surface area contributed by atoms with Crippen LogP contribution in [-0.4, -0.2) is 81.2 Å². The highest BCUT2D eigenvalue weighted by molar-refractivity contribution is 5.72. The average Bonchev–Trinajstić information content (AvgIpc) is 2.75. The first-order valence-corrected chi connectivity index (χ1v) is 12.6. The molecule has 0 aromatic carbocycles. The van der Waals surface area contributed by atoms with E-state index in [1.54, 1.807) is 41.5 Å². The molecule has 0 bridgehead atoms. The van der Waals surface area contributed by atoms with Crippen LogP contribution in [-0.2, 0) is 62.0 Å². The Balaban J connectivity index is -0.0000000637. The maximum Gasteiger partial charge on any atom is 0.302 e. The Morgan fingerprint density at radius 2 is 0.375 bits per heavy atom. The summed E-state index contributed by atoms with van der Waals surface area (Å²) in [5.41, 5.74) is 0. The molecule has 0 amide bonds. The van der Waals surface area contributed by atoms with Crippen molar-refractivity contribution >= 4 is 41.6 Å². The first-order chi connectivity index (χ1) is 18.4. The minimum atomic E-state index is -0.211. The van der Waals surface area contributed by atoms with E-state index in [1.807, 2.05) is 0 Å². The van der Waals surface area contributed by atoms with Crippen molar-refractivity contribution in [2.24, 2.45) is 0 Å². The molecule has 13 nitrogen and oxygen atoms in total. The monoisotopic (exact) mass is 586 g/mol. The van der Waals surface area contributed by atoms with Gasteiger partial charge in [0.25, 0.3) is 0 Å². The van der Waals surface area contributed by atoms with E-state index in [1.165, 1.54) is 55.4 Å². The molecule has 0 aliphatic heterocycles. The molecule has 0 spiro atoms. The van der Waals surface area contributed by atoms with E-state index in [-0.39, 0.29) is 41.6 Å². The molecule has 0 aromatic heterocycles. The second-order valence-corrected chi connectivity index (χ2v) is 6.46. The van der Waals surface area contributed by atoms with Crippen LogP contribution < -0.4 is 0 Å². The molecule has 0 atom stereocenters. The van der Waals surface area contributed by atoms with E-state index in [2.05, 4.69) is 28.4 Å². The molecule has 0 heterocycles. The number of Topliss-reactive ketones (excluding diaryl/α,β-unsaturated/α-hetero) is 1. The van der Waals surface area contributed by atoms with Crippen molar-refractivity contribution in [1.82, 2.24) is 0 Å². The first-order valence-electron chi connectivity index (χ1n) is 12.6. The predicted octanol–water partition coefficient (Wildman–Crippen LogP) is 4.01. The van der Waals surface area contributed by atoms with Crippen LogP contribution in [0.4, 0.5) is 0 Å². The molecule has 240 valence electrons. The van der Waals surface area contributed by atoms with Crippen molar-refractivity contribution in [1.29, 1.82) is 0 Å². The maximum atomic E-state index is 9.82. The summed E-state index contributed by atoms with van der Waals surface area (Å²) in [6.07, 6.45) is 0. The summed E-state index contributed by atoms with van der Waals surface area (Å²) in [5, 5.41) is 0. The van der Waals surface area contributed by atoms with Crippen molar-refractivity contribution < 1.29 is 62.0 Å². The number of hydrogen-bond donors (Lipinski definition) is 0. The molecule has 0 N–H and O–H groups in total. The first kappa shape index (κ1) is 52.8. The van der Waals surface area contributed by atoms with Crippen molar-refractivity contribution in [3.8, 4) is 0 Å². The highest BCUT2D eigenvalue weighted by atomic mass is 16.5. The summed E-state index contributed by atoms with van der Waals surface area (Å²) in [4.78, 5) is 68.4. The van der Waals surface area contributed by atoms with Crippen LogP contribution >= 0.6 is 0 Å². The van der Waals surface area contributed by atoms with Gasteiger partial charge in [-0.05, 0) is 55.4 Å². The van der Waals surface area contributed by atoms with Crippen molar-refractivity contribution in [3.05, 3.63) is 0 Å². The van der Waals surface area contributed by atoms with E-state index >= 15 is 0 Å². The van der Waals surface area contributed by atoms with Crippen LogP contribution in [0.25, 0.3) is 0 Å². The van der Waals surface area contributed by atoms with Gasteiger partial charge >= 0.3 is 35.8 Å². The molecule has 0 radical (unpaired) electrons. The number of carbonyl (C=O) groups is 7. The van der Waals surface area contributed by atoms with Crippen molar-refractivity contribution in [2.75, 3.05) is 39.6 Å². The minimum Gasteiger partial charge on any atom is -0.466 e. The highest BCUT2D eigenvalue weighted by Crippen LogP contribution is 1.72. The third-order valence-corrected chi connectivity index (χ3v) is 2.09. The summed E-state index contributed by atoms with van der Waals surface area (Å²) in [7, 11) is 0. The van der Waals surface area contributed by atoms with Gasteiger partial charge in [-0.2, -0.15) is 0 Å². The molecule has 0 aromatic rings. The minimum absolute atomic E-state index is 0.167. The van der Waals surface area contributed by atoms with Crippen LogP contribution in [0.3, 0.4) is 0 Å². The molecule has 0 saturated heterocycles. The van der Waals surface area contributed by atoms with Gasteiger partial charge in [-0.15, -0.1) is 0 Å². The molecular formula is C27H54O13. The molecular weight excluding hydrogens is 532 g/mol.